The van der Waals surface area contributed by atoms with Gasteiger partial charge in [-0.2, -0.15) is 0 Å². The summed E-state index contributed by atoms with van der Waals surface area (Å²) in [6.07, 6.45) is 0.508. The van der Waals surface area contributed by atoms with Gasteiger partial charge in [0.1, 0.15) is 30.8 Å². The highest BCUT2D eigenvalue weighted by molar-refractivity contribution is 5.94. The summed E-state index contributed by atoms with van der Waals surface area (Å²) in [6.45, 7) is 6.33. The topological polar surface area (TPSA) is 67.8 Å². The number of rotatable bonds is 6. The molecule has 0 bridgehead atoms. The van der Waals surface area contributed by atoms with E-state index in [-0.39, 0.29) is 19.1 Å². The Balaban J connectivity index is 1.55. The van der Waals surface area contributed by atoms with E-state index in [0.29, 0.717) is 12.2 Å². The Morgan fingerprint density at radius 1 is 1.04 bits per heavy atom. The Hall–Kier alpha value is -2.53. The average Bonchev–Trinajstić information content (AvgIpc) is 2.62. The summed E-state index contributed by atoms with van der Waals surface area (Å²) in [5.41, 5.74) is 5.18. The van der Waals surface area contributed by atoms with Crippen LogP contribution >= 0.6 is 0 Å². The molecule has 5 nitrogen and oxygen atoms in total. The van der Waals surface area contributed by atoms with E-state index in [4.69, 9.17) is 9.47 Å². The van der Waals surface area contributed by atoms with E-state index in [1.807, 2.05) is 39.0 Å². The monoisotopic (exact) mass is 355 g/mol. The largest absolute Gasteiger partial charge is 0.491 e. The number of ether oxygens (including phenoxy) is 2. The quantitative estimate of drug-likeness (QED) is 0.834. The number of fused-ring (bicyclic) bond motifs is 1. The highest BCUT2D eigenvalue weighted by Gasteiger charge is 2.16. The molecule has 1 heterocycles. The average molecular weight is 355 g/mol. The van der Waals surface area contributed by atoms with Crippen LogP contribution in [0.4, 0.5) is 5.69 Å². The number of aliphatic hydroxyl groups excluding tert-OH is 1. The third kappa shape index (κ3) is 4.17. The van der Waals surface area contributed by atoms with Gasteiger partial charge >= 0.3 is 0 Å². The van der Waals surface area contributed by atoms with Crippen molar-refractivity contribution in [2.24, 2.45) is 0 Å². The number of aryl methyl sites for hydroxylation is 3. The van der Waals surface area contributed by atoms with Crippen molar-refractivity contribution in [2.75, 3.05) is 18.5 Å². The summed E-state index contributed by atoms with van der Waals surface area (Å²) in [5, 5.41) is 13.0. The fraction of sp³-hybridized carbons (Fsp3) is 0.381. The van der Waals surface area contributed by atoms with Crippen LogP contribution in [0, 0.1) is 20.8 Å². The van der Waals surface area contributed by atoms with Gasteiger partial charge < -0.3 is 19.9 Å². The first-order chi connectivity index (χ1) is 12.4. The SMILES string of the molecule is Cc1ccc(C)c(OCC(O)COc2ccc3c(c2)NC(=O)CC3)c1C. The van der Waals surface area contributed by atoms with E-state index >= 15 is 0 Å². The predicted molar refractivity (Wildman–Crippen MR) is 101 cm³/mol. The van der Waals surface area contributed by atoms with Crippen molar-refractivity contribution in [3.8, 4) is 11.5 Å². The smallest absolute Gasteiger partial charge is 0.224 e. The van der Waals surface area contributed by atoms with Gasteiger partial charge in [-0.05, 0) is 55.5 Å². The van der Waals surface area contributed by atoms with Crippen LogP contribution in [0.15, 0.2) is 30.3 Å². The van der Waals surface area contributed by atoms with Crippen LogP contribution in [-0.2, 0) is 11.2 Å². The molecule has 1 atom stereocenters. The predicted octanol–water partition coefficient (Wildman–Crippen LogP) is 3.32. The minimum atomic E-state index is -0.750. The van der Waals surface area contributed by atoms with Crippen molar-refractivity contribution >= 4 is 11.6 Å². The molecule has 3 rings (SSSR count). The Labute approximate surface area is 153 Å². The lowest BCUT2D eigenvalue weighted by atomic mass is 10.0. The van der Waals surface area contributed by atoms with E-state index in [1.54, 1.807) is 6.07 Å². The second-order valence-corrected chi connectivity index (χ2v) is 6.80. The van der Waals surface area contributed by atoms with Crippen molar-refractivity contribution < 1.29 is 19.4 Å². The molecule has 5 heteroatoms. The second kappa shape index (κ2) is 7.79. The fourth-order valence-corrected chi connectivity index (χ4v) is 3.01. The number of aliphatic hydroxyl groups is 1. The number of hydrogen-bond acceptors (Lipinski definition) is 4. The molecule has 26 heavy (non-hydrogen) atoms. The molecule has 2 aromatic carbocycles. The first kappa shape index (κ1) is 18.3. The lowest BCUT2D eigenvalue weighted by Gasteiger charge is -2.19. The van der Waals surface area contributed by atoms with Gasteiger partial charge in [-0.3, -0.25) is 4.79 Å². The Bertz CT molecular complexity index is 816. The van der Waals surface area contributed by atoms with Gasteiger partial charge in [-0.25, -0.2) is 0 Å². The molecule has 138 valence electrons. The lowest BCUT2D eigenvalue weighted by molar-refractivity contribution is -0.116. The van der Waals surface area contributed by atoms with E-state index in [1.165, 1.54) is 0 Å². The van der Waals surface area contributed by atoms with Crippen LogP contribution in [0.5, 0.6) is 11.5 Å². The van der Waals surface area contributed by atoms with Crippen LogP contribution < -0.4 is 14.8 Å². The number of benzene rings is 2. The molecule has 2 N–H and O–H groups in total. The van der Waals surface area contributed by atoms with Crippen molar-refractivity contribution in [3.05, 3.63) is 52.6 Å². The van der Waals surface area contributed by atoms with Gasteiger partial charge in [0.2, 0.25) is 5.91 Å². The maximum Gasteiger partial charge on any atom is 0.224 e. The van der Waals surface area contributed by atoms with Gasteiger partial charge in [0.25, 0.3) is 0 Å². The first-order valence-corrected chi connectivity index (χ1v) is 8.87. The molecule has 0 spiro atoms. The molecule has 0 saturated carbocycles. The summed E-state index contributed by atoms with van der Waals surface area (Å²) in [6, 6.07) is 9.69. The third-order valence-electron chi connectivity index (χ3n) is 4.71. The molecular weight excluding hydrogens is 330 g/mol. The van der Waals surface area contributed by atoms with Gasteiger partial charge in [0, 0.05) is 18.2 Å². The zero-order chi connectivity index (χ0) is 18.7. The highest BCUT2D eigenvalue weighted by Crippen LogP contribution is 2.28. The van der Waals surface area contributed by atoms with Gasteiger partial charge in [-0.1, -0.05) is 18.2 Å². The third-order valence-corrected chi connectivity index (χ3v) is 4.71. The van der Waals surface area contributed by atoms with E-state index in [0.717, 1.165) is 40.1 Å². The van der Waals surface area contributed by atoms with Crippen molar-refractivity contribution in [3.63, 3.8) is 0 Å². The number of hydrogen-bond donors (Lipinski definition) is 2. The highest BCUT2D eigenvalue weighted by atomic mass is 16.5. The van der Waals surface area contributed by atoms with Crippen molar-refractivity contribution in [1.82, 2.24) is 0 Å². The van der Waals surface area contributed by atoms with Crippen LogP contribution in [0.25, 0.3) is 0 Å². The summed E-state index contributed by atoms with van der Waals surface area (Å²) in [4.78, 5) is 11.5. The van der Waals surface area contributed by atoms with Crippen LogP contribution in [0.2, 0.25) is 0 Å². The van der Waals surface area contributed by atoms with Gasteiger partial charge in [0.05, 0.1) is 0 Å². The van der Waals surface area contributed by atoms with Crippen molar-refractivity contribution in [2.45, 2.75) is 39.7 Å². The minimum absolute atomic E-state index is 0.0204. The molecule has 1 unspecified atom stereocenters. The Morgan fingerprint density at radius 2 is 1.77 bits per heavy atom. The maximum absolute atomic E-state index is 11.5. The summed E-state index contributed by atoms with van der Waals surface area (Å²) >= 11 is 0. The molecule has 1 aliphatic heterocycles. The summed E-state index contributed by atoms with van der Waals surface area (Å²) in [5.74, 6) is 1.46. The minimum Gasteiger partial charge on any atom is -0.491 e. The van der Waals surface area contributed by atoms with Crippen LogP contribution in [-0.4, -0.2) is 30.3 Å². The standard InChI is InChI=1S/C21H25NO4/c1-13-4-5-14(2)21(15(13)3)26-12-17(23)11-25-18-8-6-16-7-9-20(24)22-19(16)10-18/h4-6,8,10,17,23H,7,9,11-12H2,1-3H3,(H,22,24). The summed E-state index contributed by atoms with van der Waals surface area (Å²) in [7, 11) is 0. The number of carbonyl (C=O) groups excluding carboxylic acids is 1. The van der Waals surface area contributed by atoms with E-state index in [9.17, 15) is 9.90 Å². The molecule has 1 amide bonds. The fourth-order valence-electron chi connectivity index (χ4n) is 3.01. The second-order valence-electron chi connectivity index (χ2n) is 6.80. The first-order valence-electron chi connectivity index (χ1n) is 8.87. The molecule has 0 saturated heterocycles. The molecule has 0 aromatic heterocycles. The zero-order valence-corrected chi connectivity index (χ0v) is 15.5. The number of nitrogens with one attached hydrogen (secondary N) is 1. The van der Waals surface area contributed by atoms with Crippen molar-refractivity contribution in [1.29, 1.82) is 0 Å². The van der Waals surface area contributed by atoms with Crippen LogP contribution in [0.1, 0.15) is 28.7 Å². The van der Waals surface area contributed by atoms with E-state index in [2.05, 4.69) is 11.4 Å². The Morgan fingerprint density at radius 3 is 2.58 bits per heavy atom. The number of anilines is 1. The van der Waals surface area contributed by atoms with E-state index < -0.39 is 6.10 Å². The number of amides is 1. The maximum atomic E-state index is 11.5. The molecule has 1 aliphatic rings. The van der Waals surface area contributed by atoms with Crippen LogP contribution in [0.3, 0.4) is 0 Å². The molecule has 0 aliphatic carbocycles. The molecule has 0 fully saturated rings. The Kier molecular flexibility index (Phi) is 5.47. The molecule has 2 aromatic rings. The lowest BCUT2D eigenvalue weighted by Crippen LogP contribution is -2.25. The zero-order valence-electron chi connectivity index (χ0n) is 15.5. The number of carbonyl (C=O) groups is 1. The van der Waals surface area contributed by atoms with Gasteiger partial charge in [0.15, 0.2) is 0 Å². The molecular formula is C21H25NO4. The van der Waals surface area contributed by atoms with Gasteiger partial charge in [-0.15, -0.1) is 0 Å². The normalized spacial score (nSPS) is 14.4. The molecule has 0 radical (unpaired) electrons. The summed E-state index contributed by atoms with van der Waals surface area (Å²) < 4.78 is 11.5.